The normalized spacial score (nSPS) is 28.6. The first kappa shape index (κ1) is 15.8. The molecule has 1 aromatic heterocycles. The van der Waals surface area contributed by atoms with Gasteiger partial charge in [0.05, 0.1) is 5.39 Å². The van der Waals surface area contributed by atoms with E-state index in [0.29, 0.717) is 35.9 Å². The minimum Gasteiger partial charge on any atom is -0.354 e. The molecule has 4 heterocycles. The molecule has 136 valence electrons. The molecule has 7 nitrogen and oxygen atoms in total. The second-order valence-corrected chi connectivity index (χ2v) is 7.77. The second-order valence-electron chi connectivity index (χ2n) is 7.77. The van der Waals surface area contributed by atoms with E-state index < -0.39 is 6.03 Å². The Labute approximate surface area is 151 Å². The van der Waals surface area contributed by atoms with Crippen LogP contribution in [0.1, 0.15) is 37.7 Å². The van der Waals surface area contributed by atoms with E-state index in [2.05, 4.69) is 27.9 Å². The zero-order chi connectivity index (χ0) is 17.7. The maximum Gasteiger partial charge on any atom is 0.329 e. The topological polar surface area (TPSA) is 87.5 Å². The van der Waals surface area contributed by atoms with Gasteiger partial charge in [0.15, 0.2) is 11.4 Å². The smallest absolute Gasteiger partial charge is 0.329 e. The van der Waals surface area contributed by atoms with Gasteiger partial charge in [0.2, 0.25) is 5.91 Å². The fourth-order valence-corrected chi connectivity index (χ4v) is 4.74. The van der Waals surface area contributed by atoms with Gasteiger partial charge in [-0.3, -0.25) is 15.0 Å². The molecule has 3 atom stereocenters. The summed E-state index contributed by atoms with van der Waals surface area (Å²) in [5.74, 6) is 0.947. The number of benzene rings is 1. The highest BCUT2D eigenvalue weighted by Crippen LogP contribution is 2.34. The van der Waals surface area contributed by atoms with Crippen molar-refractivity contribution >= 4 is 28.7 Å². The lowest BCUT2D eigenvalue weighted by Gasteiger charge is -2.29. The van der Waals surface area contributed by atoms with Crippen LogP contribution in [0, 0.1) is 5.92 Å². The predicted octanol–water partition coefficient (Wildman–Crippen LogP) is 2.35. The standard InChI is InChI=1S/C19H22N4O3/c24-17-5-6-23(19(25)21-17)18-15-10-11(1-4-16(15)26-22-18)7-12-8-13-2-3-14(9-12)20-13/h1,4,10,12-14,20H,2-3,5-9H2,(H,21,24,25)/t12?,13-,14+. The lowest BCUT2D eigenvalue weighted by molar-refractivity contribution is -0.120. The van der Waals surface area contributed by atoms with Gasteiger partial charge in [-0.15, -0.1) is 0 Å². The Morgan fingerprint density at radius 3 is 2.77 bits per heavy atom. The molecule has 2 N–H and O–H groups in total. The summed E-state index contributed by atoms with van der Waals surface area (Å²) in [6, 6.07) is 7.06. The average molecular weight is 354 g/mol. The Balaban J connectivity index is 1.40. The SMILES string of the molecule is O=C1CCN(c2noc3ccc(CC4C[C@H]5CC[C@@H](C4)N5)cc23)C(=O)N1. The molecule has 3 fully saturated rings. The van der Waals surface area contributed by atoms with Gasteiger partial charge in [-0.05, 0) is 55.7 Å². The average Bonchev–Trinajstić information content (AvgIpc) is 3.18. The molecule has 7 heteroatoms. The molecule has 5 rings (SSSR count). The monoisotopic (exact) mass is 354 g/mol. The van der Waals surface area contributed by atoms with Gasteiger partial charge >= 0.3 is 6.03 Å². The highest BCUT2D eigenvalue weighted by Gasteiger charge is 2.33. The van der Waals surface area contributed by atoms with Gasteiger partial charge in [0, 0.05) is 25.0 Å². The minimum atomic E-state index is -0.434. The maximum atomic E-state index is 12.1. The van der Waals surface area contributed by atoms with Crippen molar-refractivity contribution in [3.63, 3.8) is 0 Å². The molecule has 3 aliphatic rings. The van der Waals surface area contributed by atoms with E-state index in [1.54, 1.807) is 0 Å². The molecule has 1 unspecified atom stereocenters. The van der Waals surface area contributed by atoms with Crippen molar-refractivity contribution in [2.75, 3.05) is 11.4 Å². The molecule has 0 radical (unpaired) electrons. The van der Waals surface area contributed by atoms with Gasteiger partial charge in [0.25, 0.3) is 0 Å². The van der Waals surface area contributed by atoms with Crippen molar-refractivity contribution in [1.82, 2.24) is 15.8 Å². The Kier molecular flexibility index (Phi) is 3.70. The summed E-state index contributed by atoms with van der Waals surface area (Å²) in [4.78, 5) is 25.0. The van der Waals surface area contributed by atoms with Crippen LogP contribution in [-0.2, 0) is 11.2 Å². The fraction of sp³-hybridized carbons (Fsp3) is 0.526. The Hall–Kier alpha value is -2.41. The van der Waals surface area contributed by atoms with Crippen molar-refractivity contribution in [3.05, 3.63) is 23.8 Å². The number of rotatable bonds is 3. The van der Waals surface area contributed by atoms with Gasteiger partial charge in [-0.25, -0.2) is 4.79 Å². The molecule has 0 saturated carbocycles. The maximum absolute atomic E-state index is 12.1. The predicted molar refractivity (Wildman–Crippen MR) is 95.9 cm³/mol. The van der Waals surface area contributed by atoms with Crippen LogP contribution in [0.3, 0.4) is 0 Å². The largest absolute Gasteiger partial charge is 0.354 e. The summed E-state index contributed by atoms with van der Waals surface area (Å²) < 4.78 is 5.40. The van der Waals surface area contributed by atoms with Crippen molar-refractivity contribution in [2.24, 2.45) is 5.92 Å². The van der Waals surface area contributed by atoms with Crippen molar-refractivity contribution in [3.8, 4) is 0 Å². The number of carbonyl (C=O) groups excluding carboxylic acids is 2. The molecule has 1 aromatic carbocycles. The molecule has 0 aliphatic carbocycles. The number of anilines is 1. The van der Waals surface area contributed by atoms with E-state index in [1.165, 1.54) is 36.1 Å². The molecule has 2 bridgehead atoms. The number of amides is 3. The number of nitrogens with zero attached hydrogens (tertiary/aromatic N) is 2. The molecule has 26 heavy (non-hydrogen) atoms. The summed E-state index contributed by atoms with van der Waals surface area (Å²) in [6.07, 6.45) is 6.40. The van der Waals surface area contributed by atoms with Crippen LogP contribution in [0.15, 0.2) is 22.7 Å². The highest BCUT2D eigenvalue weighted by molar-refractivity contribution is 6.08. The third-order valence-electron chi connectivity index (χ3n) is 5.92. The van der Waals surface area contributed by atoms with Crippen LogP contribution in [0.2, 0.25) is 0 Å². The summed E-state index contributed by atoms with van der Waals surface area (Å²) in [7, 11) is 0. The van der Waals surface area contributed by atoms with E-state index in [-0.39, 0.29) is 12.3 Å². The van der Waals surface area contributed by atoms with Crippen LogP contribution in [0.5, 0.6) is 0 Å². The van der Waals surface area contributed by atoms with E-state index in [9.17, 15) is 9.59 Å². The van der Waals surface area contributed by atoms with Gasteiger partial charge in [0.1, 0.15) is 0 Å². The zero-order valence-corrected chi connectivity index (χ0v) is 14.5. The number of carbonyl (C=O) groups is 2. The van der Waals surface area contributed by atoms with Crippen LogP contribution in [-0.4, -0.2) is 35.7 Å². The molecule has 3 aliphatic heterocycles. The summed E-state index contributed by atoms with van der Waals surface area (Å²) in [5.41, 5.74) is 1.92. The molecule has 2 aromatic rings. The fourth-order valence-electron chi connectivity index (χ4n) is 4.74. The third kappa shape index (κ3) is 2.76. The number of piperidine rings is 1. The Morgan fingerprint density at radius 1 is 1.19 bits per heavy atom. The molecule has 3 saturated heterocycles. The van der Waals surface area contributed by atoms with Crippen molar-refractivity contribution in [1.29, 1.82) is 0 Å². The Morgan fingerprint density at radius 2 is 2.00 bits per heavy atom. The Bertz CT molecular complexity index is 865. The summed E-state index contributed by atoms with van der Waals surface area (Å²) in [6.45, 7) is 0.328. The first-order chi connectivity index (χ1) is 12.7. The highest BCUT2D eigenvalue weighted by atomic mass is 16.5. The van der Waals surface area contributed by atoms with Crippen molar-refractivity contribution in [2.45, 2.75) is 50.6 Å². The van der Waals surface area contributed by atoms with Gasteiger partial charge in [-0.1, -0.05) is 11.2 Å². The number of nitrogens with one attached hydrogen (secondary N) is 2. The second kappa shape index (κ2) is 6.09. The van der Waals surface area contributed by atoms with E-state index in [0.717, 1.165) is 11.8 Å². The van der Waals surface area contributed by atoms with E-state index >= 15 is 0 Å². The zero-order valence-electron chi connectivity index (χ0n) is 14.5. The number of aromatic nitrogens is 1. The molecular formula is C19H22N4O3. The summed E-state index contributed by atoms with van der Waals surface area (Å²) in [5, 5.41) is 10.9. The van der Waals surface area contributed by atoms with Crippen LogP contribution in [0.4, 0.5) is 10.6 Å². The van der Waals surface area contributed by atoms with Crippen LogP contribution in [0.25, 0.3) is 11.0 Å². The molecule has 3 amide bonds. The number of fused-ring (bicyclic) bond motifs is 3. The van der Waals surface area contributed by atoms with Crippen LogP contribution < -0.4 is 15.5 Å². The van der Waals surface area contributed by atoms with Gasteiger partial charge < -0.3 is 9.84 Å². The van der Waals surface area contributed by atoms with Crippen LogP contribution >= 0.6 is 0 Å². The first-order valence-corrected chi connectivity index (χ1v) is 9.41. The quantitative estimate of drug-likeness (QED) is 0.883. The first-order valence-electron chi connectivity index (χ1n) is 9.41. The minimum absolute atomic E-state index is 0.250. The van der Waals surface area contributed by atoms with E-state index in [4.69, 9.17) is 4.52 Å². The number of imide groups is 1. The third-order valence-corrected chi connectivity index (χ3v) is 5.92. The number of hydrogen-bond donors (Lipinski definition) is 2. The van der Waals surface area contributed by atoms with Gasteiger partial charge in [-0.2, -0.15) is 0 Å². The number of urea groups is 1. The lowest BCUT2D eigenvalue weighted by atomic mass is 9.87. The number of hydrogen-bond acceptors (Lipinski definition) is 5. The molecule has 0 spiro atoms. The molecular weight excluding hydrogens is 332 g/mol. The van der Waals surface area contributed by atoms with E-state index in [1.807, 2.05) is 6.07 Å². The lowest BCUT2D eigenvalue weighted by Crippen LogP contribution is -2.49. The van der Waals surface area contributed by atoms with Crippen molar-refractivity contribution < 1.29 is 14.1 Å². The summed E-state index contributed by atoms with van der Waals surface area (Å²) >= 11 is 0.